The van der Waals surface area contributed by atoms with E-state index in [9.17, 15) is 4.79 Å². The van der Waals surface area contributed by atoms with Crippen molar-refractivity contribution < 1.29 is 24.7 Å². The largest absolute Gasteiger partial charge is 0.488 e. The first kappa shape index (κ1) is 13.1. The molecular formula is C13H11BO5. The van der Waals surface area contributed by atoms with Crippen LogP contribution in [-0.4, -0.2) is 28.2 Å². The third kappa shape index (κ3) is 3.12. The molecule has 0 saturated carbocycles. The van der Waals surface area contributed by atoms with E-state index in [0.29, 0.717) is 5.75 Å². The van der Waals surface area contributed by atoms with Gasteiger partial charge >= 0.3 is 13.1 Å². The molecule has 19 heavy (non-hydrogen) atoms. The lowest BCUT2D eigenvalue weighted by Crippen LogP contribution is -2.30. The molecule has 0 aromatic heterocycles. The van der Waals surface area contributed by atoms with E-state index in [1.54, 1.807) is 30.3 Å². The maximum Gasteiger partial charge on any atom is 0.488 e. The fraction of sp³-hybridized carbons (Fsp3) is 0. The molecule has 96 valence electrons. The number of ether oxygens (including phenoxy) is 1. The van der Waals surface area contributed by atoms with Crippen molar-refractivity contribution in [1.29, 1.82) is 0 Å². The molecule has 0 amide bonds. The van der Waals surface area contributed by atoms with Gasteiger partial charge in [-0.15, -0.1) is 0 Å². The quantitative estimate of drug-likeness (QED) is 0.708. The predicted molar refractivity (Wildman–Crippen MR) is 69.7 cm³/mol. The summed E-state index contributed by atoms with van der Waals surface area (Å²) in [6, 6.07) is 12.5. The van der Waals surface area contributed by atoms with E-state index < -0.39 is 13.1 Å². The molecule has 6 heteroatoms. The summed E-state index contributed by atoms with van der Waals surface area (Å²) in [6.45, 7) is 0. The lowest BCUT2D eigenvalue weighted by molar-refractivity contribution is 0.0694. The van der Waals surface area contributed by atoms with Crippen LogP contribution in [0.1, 0.15) is 10.4 Å². The monoisotopic (exact) mass is 258 g/mol. The van der Waals surface area contributed by atoms with Gasteiger partial charge in [-0.25, -0.2) is 4.79 Å². The summed E-state index contributed by atoms with van der Waals surface area (Å²) in [5.74, 6) is -0.621. The van der Waals surface area contributed by atoms with Gasteiger partial charge in [0.1, 0.15) is 17.1 Å². The summed E-state index contributed by atoms with van der Waals surface area (Å²) in [5, 5.41) is 27.3. The molecule has 5 nitrogen and oxygen atoms in total. The molecule has 2 rings (SSSR count). The number of carbonyl (C=O) groups is 1. The highest BCUT2D eigenvalue weighted by Crippen LogP contribution is 2.24. The van der Waals surface area contributed by atoms with Crippen molar-refractivity contribution in [2.75, 3.05) is 0 Å². The van der Waals surface area contributed by atoms with Crippen molar-refractivity contribution in [3.05, 3.63) is 54.1 Å². The molecule has 0 unspecified atom stereocenters. The average Bonchev–Trinajstić information content (AvgIpc) is 2.39. The Balaban J connectivity index is 2.41. The van der Waals surface area contributed by atoms with E-state index in [1.807, 2.05) is 0 Å². The number of benzene rings is 2. The van der Waals surface area contributed by atoms with E-state index in [4.69, 9.17) is 19.9 Å². The van der Waals surface area contributed by atoms with Gasteiger partial charge in [0.2, 0.25) is 0 Å². The van der Waals surface area contributed by atoms with Gasteiger partial charge in [0, 0.05) is 0 Å². The van der Waals surface area contributed by atoms with Crippen molar-refractivity contribution in [2.24, 2.45) is 0 Å². The maximum absolute atomic E-state index is 11.1. The average molecular weight is 258 g/mol. The molecule has 0 spiro atoms. The Morgan fingerprint density at radius 3 is 2.32 bits per heavy atom. The van der Waals surface area contributed by atoms with Crippen LogP contribution in [-0.2, 0) is 0 Å². The van der Waals surface area contributed by atoms with E-state index in [-0.39, 0.29) is 16.8 Å². The minimum Gasteiger partial charge on any atom is -0.478 e. The lowest BCUT2D eigenvalue weighted by atomic mass is 9.80. The van der Waals surface area contributed by atoms with Crippen LogP contribution in [0.5, 0.6) is 11.5 Å². The van der Waals surface area contributed by atoms with Gasteiger partial charge in [0.25, 0.3) is 0 Å². The van der Waals surface area contributed by atoms with Crippen LogP contribution in [0.4, 0.5) is 0 Å². The second-order valence-electron chi connectivity index (χ2n) is 3.85. The molecule has 0 atom stereocenters. The Labute approximate surface area is 109 Å². The van der Waals surface area contributed by atoms with Gasteiger partial charge in [0.15, 0.2) is 0 Å². The Morgan fingerprint density at radius 2 is 1.74 bits per heavy atom. The van der Waals surface area contributed by atoms with Crippen molar-refractivity contribution >= 4 is 18.6 Å². The third-order valence-electron chi connectivity index (χ3n) is 2.51. The Bertz CT molecular complexity index is 583. The molecule has 0 radical (unpaired) electrons. The zero-order valence-corrected chi connectivity index (χ0v) is 9.85. The fourth-order valence-electron chi connectivity index (χ4n) is 1.58. The summed E-state index contributed by atoms with van der Waals surface area (Å²) in [5.41, 5.74) is 0.115. The summed E-state index contributed by atoms with van der Waals surface area (Å²) >= 11 is 0. The van der Waals surface area contributed by atoms with E-state index in [2.05, 4.69) is 0 Å². The number of hydrogen-bond donors (Lipinski definition) is 3. The number of hydrogen-bond acceptors (Lipinski definition) is 4. The number of para-hydroxylation sites is 1. The third-order valence-corrected chi connectivity index (χ3v) is 2.51. The Kier molecular flexibility index (Phi) is 3.84. The summed E-state index contributed by atoms with van der Waals surface area (Å²) in [7, 11) is -1.68. The van der Waals surface area contributed by atoms with Gasteiger partial charge in [-0.3, -0.25) is 0 Å². The minimum absolute atomic E-state index is 0.0479. The first-order chi connectivity index (χ1) is 9.08. The predicted octanol–water partition coefficient (Wildman–Crippen LogP) is 0.857. The highest BCUT2D eigenvalue weighted by molar-refractivity contribution is 6.58. The highest BCUT2D eigenvalue weighted by Gasteiger charge is 2.17. The number of aromatic carboxylic acids is 1. The molecule has 0 aliphatic heterocycles. The van der Waals surface area contributed by atoms with Gasteiger partial charge < -0.3 is 19.9 Å². The van der Waals surface area contributed by atoms with E-state index >= 15 is 0 Å². The van der Waals surface area contributed by atoms with Gasteiger partial charge in [-0.05, 0) is 29.7 Å². The summed E-state index contributed by atoms with van der Waals surface area (Å²) in [4.78, 5) is 11.1. The van der Waals surface area contributed by atoms with E-state index in [0.717, 1.165) is 0 Å². The molecule has 0 fully saturated rings. The minimum atomic E-state index is -1.68. The van der Waals surface area contributed by atoms with Gasteiger partial charge in [-0.1, -0.05) is 24.3 Å². The molecule has 0 saturated heterocycles. The van der Waals surface area contributed by atoms with Gasteiger partial charge in [0.05, 0.1) is 0 Å². The smallest absolute Gasteiger partial charge is 0.478 e. The standard InChI is InChI=1S/C13H11BO5/c15-13(16)11-7-6-9(14(17)18)8-12(11)19-10-4-2-1-3-5-10/h1-8,17-18H,(H,15,16). The first-order valence-corrected chi connectivity index (χ1v) is 5.54. The van der Waals surface area contributed by atoms with Crippen molar-refractivity contribution in [3.8, 4) is 11.5 Å². The van der Waals surface area contributed by atoms with Crippen LogP contribution in [0.3, 0.4) is 0 Å². The van der Waals surface area contributed by atoms with Crippen molar-refractivity contribution in [3.63, 3.8) is 0 Å². The first-order valence-electron chi connectivity index (χ1n) is 5.54. The molecule has 2 aromatic rings. The number of rotatable bonds is 4. The highest BCUT2D eigenvalue weighted by atomic mass is 16.5. The van der Waals surface area contributed by atoms with Crippen LogP contribution >= 0.6 is 0 Å². The second kappa shape index (κ2) is 5.56. The van der Waals surface area contributed by atoms with Crippen LogP contribution in [0, 0.1) is 0 Å². The maximum atomic E-state index is 11.1. The molecule has 0 heterocycles. The fourth-order valence-corrected chi connectivity index (χ4v) is 1.58. The molecule has 0 aliphatic carbocycles. The number of carboxylic acid groups (broad SMARTS) is 1. The summed E-state index contributed by atoms with van der Waals surface area (Å²) < 4.78 is 5.46. The zero-order valence-electron chi connectivity index (χ0n) is 9.85. The number of carboxylic acids is 1. The second-order valence-corrected chi connectivity index (χ2v) is 3.85. The van der Waals surface area contributed by atoms with Gasteiger partial charge in [-0.2, -0.15) is 0 Å². The van der Waals surface area contributed by atoms with Crippen LogP contribution in [0.25, 0.3) is 0 Å². The lowest BCUT2D eigenvalue weighted by Gasteiger charge is -2.10. The SMILES string of the molecule is O=C(O)c1ccc(B(O)O)cc1Oc1ccccc1. The van der Waals surface area contributed by atoms with Crippen LogP contribution in [0.2, 0.25) is 0 Å². The normalized spacial score (nSPS) is 10.0. The van der Waals surface area contributed by atoms with Crippen molar-refractivity contribution in [1.82, 2.24) is 0 Å². The Hall–Kier alpha value is -2.31. The molecule has 2 aromatic carbocycles. The molecular weight excluding hydrogens is 247 g/mol. The Morgan fingerprint density at radius 1 is 1.05 bits per heavy atom. The van der Waals surface area contributed by atoms with Crippen LogP contribution in [0.15, 0.2) is 48.5 Å². The molecule has 3 N–H and O–H groups in total. The topological polar surface area (TPSA) is 87.0 Å². The van der Waals surface area contributed by atoms with Crippen LogP contribution < -0.4 is 10.2 Å². The molecule has 0 aliphatic rings. The van der Waals surface area contributed by atoms with Crippen molar-refractivity contribution in [2.45, 2.75) is 0 Å². The van der Waals surface area contributed by atoms with E-state index in [1.165, 1.54) is 18.2 Å². The molecule has 0 bridgehead atoms. The summed E-state index contributed by atoms with van der Waals surface area (Å²) in [6.07, 6.45) is 0. The zero-order chi connectivity index (χ0) is 13.8.